The average Bonchev–Trinajstić information content (AvgIpc) is 3.23. The molecule has 4 rings (SSSR count). The predicted octanol–water partition coefficient (Wildman–Crippen LogP) is 2.81. The number of rotatable bonds is 5. The van der Waals surface area contributed by atoms with E-state index in [1.807, 2.05) is 34.9 Å². The van der Waals surface area contributed by atoms with Gasteiger partial charge in [-0.15, -0.1) is 0 Å². The van der Waals surface area contributed by atoms with Gasteiger partial charge in [0.25, 0.3) is 5.91 Å². The van der Waals surface area contributed by atoms with Crippen LogP contribution in [0.15, 0.2) is 48.7 Å². The lowest BCUT2D eigenvalue weighted by atomic mass is 10.1. The van der Waals surface area contributed by atoms with Crippen molar-refractivity contribution in [3.63, 3.8) is 0 Å². The van der Waals surface area contributed by atoms with Crippen LogP contribution in [0.25, 0.3) is 21.9 Å². The molecule has 0 atom stereocenters. The van der Waals surface area contributed by atoms with Crippen molar-refractivity contribution in [3.05, 3.63) is 54.2 Å². The van der Waals surface area contributed by atoms with Crippen LogP contribution in [0.4, 0.5) is 5.95 Å². The van der Waals surface area contributed by atoms with E-state index >= 15 is 0 Å². The molecule has 0 bridgehead atoms. The van der Waals surface area contributed by atoms with Gasteiger partial charge in [-0.25, -0.2) is 4.98 Å². The first-order chi connectivity index (χ1) is 12.3. The van der Waals surface area contributed by atoms with Crippen molar-refractivity contribution in [1.82, 2.24) is 19.7 Å². The molecule has 2 heterocycles. The lowest BCUT2D eigenvalue weighted by Gasteiger charge is -2.09. The third-order valence-corrected chi connectivity index (χ3v) is 4.10. The lowest BCUT2D eigenvalue weighted by molar-refractivity contribution is 0.102. The molecule has 0 aliphatic carbocycles. The number of hydrogen-bond acceptors (Lipinski definition) is 4. The molecule has 0 saturated carbocycles. The number of para-hydroxylation sites is 2. The first-order valence-corrected chi connectivity index (χ1v) is 7.95. The molecule has 7 heteroatoms. The van der Waals surface area contributed by atoms with Gasteiger partial charge in [0.05, 0.1) is 29.4 Å². The summed E-state index contributed by atoms with van der Waals surface area (Å²) >= 11 is 0. The maximum Gasteiger partial charge on any atom is 0.257 e. The molecular weight excluding hydrogens is 318 g/mol. The summed E-state index contributed by atoms with van der Waals surface area (Å²) in [7, 11) is 1.65. The van der Waals surface area contributed by atoms with E-state index in [4.69, 9.17) is 4.74 Å². The van der Waals surface area contributed by atoms with Crippen LogP contribution in [0.5, 0.6) is 0 Å². The SMILES string of the molecule is COCCn1c(NC(=O)c2ccc3[nH]ncc3c2)nc2ccccc21. The molecule has 1 amide bonds. The minimum absolute atomic E-state index is 0.211. The topological polar surface area (TPSA) is 84.8 Å². The van der Waals surface area contributed by atoms with Crippen LogP contribution in [-0.2, 0) is 11.3 Å². The van der Waals surface area contributed by atoms with Crippen LogP contribution in [0, 0.1) is 0 Å². The second-order valence-electron chi connectivity index (χ2n) is 5.69. The number of nitrogens with one attached hydrogen (secondary N) is 2. The van der Waals surface area contributed by atoms with Gasteiger partial charge in [0.1, 0.15) is 0 Å². The molecule has 2 aromatic carbocycles. The Morgan fingerprint density at radius 1 is 1.28 bits per heavy atom. The van der Waals surface area contributed by atoms with Crippen molar-refractivity contribution in [3.8, 4) is 0 Å². The molecule has 0 aliphatic rings. The molecule has 0 fully saturated rings. The number of aromatic nitrogens is 4. The number of methoxy groups -OCH3 is 1. The minimum atomic E-state index is -0.211. The third kappa shape index (κ3) is 2.85. The van der Waals surface area contributed by atoms with Crippen LogP contribution >= 0.6 is 0 Å². The number of amides is 1. The summed E-state index contributed by atoms with van der Waals surface area (Å²) in [6, 6.07) is 13.2. The maximum atomic E-state index is 12.7. The lowest BCUT2D eigenvalue weighted by Crippen LogP contribution is -2.17. The van der Waals surface area contributed by atoms with Gasteiger partial charge >= 0.3 is 0 Å². The van der Waals surface area contributed by atoms with Crippen molar-refractivity contribution in [2.45, 2.75) is 6.54 Å². The zero-order valence-electron chi connectivity index (χ0n) is 13.7. The van der Waals surface area contributed by atoms with Crippen molar-refractivity contribution < 1.29 is 9.53 Å². The molecule has 25 heavy (non-hydrogen) atoms. The van der Waals surface area contributed by atoms with E-state index in [9.17, 15) is 4.79 Å². The van der Waals surface area contributed by atoms with Gasteiger partial charge in [-0.05, 0) is 30.3 Å². The van der Waals surface area contributed by atoms with Crippen molar-refractivity contribution in [1.29, 1.82) is 0 Å². The van der Waals surface area contributed by atoms with Gasteiger partial charge in [0.15, 0.2) is 0 Å². The van der Waals surface area contributed by atoms with Gasteiger partial charge in [-0.1, -0.05) is 12.1 Å². The molecule has 0 saturated heterocycles. The highest BCUT2D eigenvalue weighted by Crippen LogP contribution is 2.21. The Balaban J connectivity index is 1.67. The van der Waals surface area contributed by atoms with Gasteiger partial charge in [0.2, 0.25) is 5.95 Å². The standard InChI is InChI=1S/C18H17N5O2/c1-25-9-8-23-16-5-3-2-4-15(16)20-18(23)21-17(24)12-6-7-14-13(10-12)11-19-22-14/h2-7,10-11H,8-9H2,1H3,(H,19,22)(H,20,21,24). The fourth-order valence-electron chi connectivity index (χ4n) is 2.84. The molecule has 4 aromatic rings. The Kier molecular flexibility index (Phi) is 3.91. The minimum Gasteiger partial charge on any atom is -0.383 e. The smallest absolute Gasteiger partial charge is 0.257 e. The molecule has 0 spiro atoms. The Morgan fingerprint density at radius 3 is 3.04 bits per heavy atom. The number of H-pyrrole nitrogens is 1. The number of aromatic amines is 1. The van der Waals surface area contributed by atoms with Gasteiger partial charge < -0.3 is 9.30 Å². The van der Waals surface area contributed by atoms with Crippen LogP contribution in [0.3, 0.4) is 0 Å². The van der Waals surface area contributed by atoms with Crippen LogP contribution in [-0.4, -0.2) is 39.4 Å². The van der Waals surface area contributed by atoms with Crippen molar-refractivity contribution in [2.75, 3.05) is 19.0 Å². The van der Waals surface area contributed by atoms with Crippen molar-refractivity contribution in [2.24, 2.45) is 0 Å². The summed E-state index contributed by atoms with van der Waals surface area (Å²) in [6.07, 6.45) is 1.69. The second kappa shape index (κ2) is 6.37. The van der Waals surface area contributed by atoms with E-state index in [1.165, 1.54) is 0 Å². The number of ether oxygens (including phenoxy) is 1. The van der Waals surface area contributed by atoms with Crippen LogP contribution < -0.4 is 5.32 Å². The molecular formula is C18H17N5O2. The number of fused-ring (bicyclic) bond motifs is 2. The summed E-state index contributed by atoms with van der Waals surface area (Å²) in [4.78, 5) is 17.2. The summed E-state index contributed by atoms with van der Waals surface area (Å²) in [6.45, 7) is 1.14. The predicted molar refractivity (Wildman–Crippen MR) is 95.7 cm³/mol. The zero-order chi connectivity index (χ0) is 17.2. The van der Waals surface area contributed by atoms with E-state index in [-0.39, 0.29) is 5.91 Å². The summed E-state index contributed by atoms with van der Waals surface area (Å²) in [5, 5.41) is 10.6. The summed E-state index contributed by atoms with van der Waals surface area (Å²) in [5.74, 6) is 0.299. The fraction of sp³-hybridized carbons (Fsp3) is 0.167. The molecule has 126 valence electrons. The first kappa shape index (κ1) is 15.3. The highest BCUT2D eigenvalue weighted by atomic mass is 16.5. The Bertz CT molecular complexity index is 1050. The first-order valence-electron chi connectivity index (χ1n) is 7.95. The third-order valence-electron chi connectivity index (χ3n) is 4.10. The monoisotopic (exact) mass is 335 g/mol. The molecule has 7 nitrogen and oxygen atoms in total. The largest absolute Gasteiger partial charge is 0.383 e. The number of carbonyl (C=O) groups excluding carboxylic acids is 1. The quantitative estimate of drug-likeness (QED) is 0.587. The zero-order valence-corrected chi connectivity index (χ0v) is 13.7. The molecule has 2 N–H and O–H groups in total. The maximum absolute atomic E-state index is 12.7. The normalized spacial score (nSPS) is 11.2. The number of anilines is 1. The second-order valence-corrected chi connectivity index (χ2v) is 5.69. The van der Waals surface area contributed by atoms with E-state index in [2.05, 4.69) is 20.5 Å². The van der Waals surface area contributed by atoms with Gasteiger partial charge in [-0.2, -0.15) is 5.10 Å². The Labute approximate surface area is 143 Å². The molecule has 2 aromatic heterocycles. The van der Waals surface area contributed by atoms with E-state index < -0.39 is 0 Å². The average molecular weight is 335 g/mol. The number of benzene rings is 2. The number of hydrogen-bond donors (Lipinski definition) is 2. The Hall–Kier alpha value is -3.19. The highest BCUT2D eigenvalue weighted by Gasteiger charge is 2.14. The van der Waals surface area contributed by atoms with Crippen molar-refractivity contribution >= 4 is 33.8 Å². The van der Waals surface area contributed by atoms with E-state index in [0.717, 1.165) is 21.9 Å². The van der Waals surface area contributed by atoms with Crippen LogP contribution in [0.1, 0.15) is 10.4 Å². The summed E-state index contributed by atoms with van der Waals surface area (Å²) in [5.41, 5.74) is 3.24. The fourth-order valence-corrected chi connectivity index (χ4v) is 2.84. The van der Waals surface area contributed by atoms with E-state index in [0.29, 0.717) is 24.7 Å². The number of nitrogens with zero attached hydrogens (tertiary/aromatic N) is 3. The molecule has 0 aliphatic heterocycles. The molecule has 0 radical (unpaired) electrons. The van der Waals surface area contributed by atoms with Crippen LogP contribution in [0.2, 0.25) is 0 Å². The highest BCUT2D eigenvalue weighted by molar-refractivity contribution is 6.06. The summed E-state index contributed by atoms with van der Waals surface area (Å²) < 4.78 is 7.13. The van der Waals surface area contributed by atoms with E-state index in [1.54, 1.807) is 25.4 Å². The number of imidazole rings is 1. The molecule has 0 unspecified atom stereocenters. The van der Waals surface area contributed by atoms with Gasteiger partial charge in [-0.3, -0.25) is 15.2 Å². The Morgan fingerprint density at radius 2 is 2.16 bits per heavy atom. The number of carbonyl (C=O) groups is 1. The van der Waals surface area contributed by atoms with Gasteiger partial charge in [0, 0.05) is 24.6 Å².